The number of H-pyrrole nitrogens is 1. The Kier molecular flexibility index (Phi) is 3.80. The lowest BCUT2D eigenvalue weighted by Crippen LogP contribution is -2.54. The highest BCUT2D eigenvalue weighted by Crippen LogP contribution is 2.31. The molecule has 2 aliphatic heterocycles. The van der Waals surface area contributed by atoms with Gasteiger partial charge in [-0.25, -0.2) is 0 Å². The quantitative estimate of drug-likeness (QED) is 0.906. The molecular weight excluding hydrogens is 318 g/mol. The van der Waals surface area contributed by atoms with Crippen molar-refractivity contribution in [2.24, 2.45) is 0 Å². The van der Waals surface area contributed by atoms with Gasteiger partial charge in [0.15, 0.2) is 0 Å². The molecule has 1 aromatic heterocycles. The van der Waals surface area contributed by atoms with Gasteiger partial charge in [0.25, 0.3) is 5.91 Å². The van der Waals surface area contributed by atoms with Crippen LogP contribution in [-0.4, -0.2) is 65.5 Å². The number of fused-ring (bicyclic) bond motifs is 1. The highest BCUT2D eigenvalue weighted by Gasteiger charge is 2.45. The van der Waals surface area contributed by atoms with E-state index in [2.05, 4.69) is 18.0 Å². The number of carbonyl (C=O) groups excluding carboxylic acids is 2. The molecule has 0 saturated carbocycles. The summed E-state index contributed by atoms with van der Waals surface area (Å²) in [6.45, 7) is 3.90. The number of rotatable bonds is 2. The number of nitrogens with one attached hydrogen (secondary N) is 1. The summed E-state index contributed by atoms with van der Waals surface area (Å²) >= 11 is 0. The molecule has 4 rings (SSSR count). The second kappa shape index (κ2) is 5.88. The third-order valence-corrected chi connectivity index (χ3v) is 5.44. The highest BCUT2D eigenvalue weighted by atomic mass is 16.5. The number of aromatic amines is 1. The summed E-state index contributed by atoms with van der Waals surface area (Å²) in [6, 6.07) is 8.02. The highest BCUT2D eigenvalue weighted by molar-refractivity contribution is 6.01. The molecule has 3 heterocycles. The number of hydrogen-bond acceptors (Lipinski definition) is 3. The molecule has 6 nitrogen and oxygen atoms in total. The number of likely N-dealkylation sites (N-methyl/N-ethyl adjacent to an activating group) is 1. The molecule has 2 amide bonds. The number of benzene rings is 1. The van der Waals surface area contributed by atoms with Crippen LogP contribution < -0.4 is 0 Å². The number of para-hydroxylation sites is 1. The minimum Gasteiger partial charge on any atom is -0.361 e. The fraction of sp³-hybridized carbons (Fsp3) is 0.474. The van der Waals surface area contributed by atoms with Crippen molar-refractivity contribution in [1.29, 1.82) is 0 Å². The first-order valence-electron chi connectivity index (χ1n) is 8.80. The van der Waals surface area contributed by atoms with Crippen molar-refractivity contribution in [1.82, 2.24) is 14.8 Å². The molecule has 0 radical (unpaired) electrons. The topological polar surface area (TPSA) is 65.6 Å². The van der Waals surface area contributed by atoms with E-state index in [1.54, 1.807) is 11.9 Å². The standard InChI is InChI=1S/C19H23N3O3/c1-3-13-14-6-4-5-7-15(14)20-17(13)18(24)22-9-8-19(12-22)11-21(2)16(23)10-25-19/h4-7,20H,3,8-12H2,1-2H3. The van der Waals surface area contributed by atoms with Gasteiger partial charge in [-0.05, 0) is 24.5 Å². The molecule has 1 spiro atoms. The van der Waals surface area contributed by atoms with E-state index in [0.717, 1.165) is 29.3 Å². The van der Waals surface area contributed by atoms with Crippen LogP contribution in [0.1, 0.15) is 29.4 Å². The largest absolute Gasteiger partial charge is 0.361 e. The summed E-state index contributed by atoms with van der Waals surface area (Å²) < 4.78 is 5.85. The van der Waals surface area contributed by atoms with Crippen molar-refractivity contribution >= 4 is 22.7 Å². The predicted molar refractivity (Wildman–Crippen MR) is 94.5 cm³/mol. The molecule has 1 aromatic carbocycles. The van der Waals surface area contributed by atoms with E-state index in [0.29, 0.717) is 25.3 Å². The minimum atomic E-state index is -0.420. The molecule has 25 heavy (non-hydrogen) atoms. The molecule has 132 valence electrons. The molecule has 2 aromatic rings. The van der Waals surface area contributed by atoms with E-state index in [9.17, 15) is 9.59 Å². The lowest BCUT2D eigenvalue weighted by atomic mass is 10.0. The maximum absolute atomic E-state index is 13.1. The summed E-state index contributed by atoms with van der Waals surface area (Å²) in [5, 5.41) is 1.11. The van der Waals surface area contributed by atoms with Crippen molar-refractivity contribution in [3.8, 4) is 0 Å². The Morgan fingerprint density at radius 1 is 1.32 bits per heavy atom. The number of aryl methyl sites for hydroxylation is 1. The molecule has 2 saturated heterocycles. The van der Waals surface area contributed by atoms with Crippen LogP contribution in [0.5, 0.6) is 0 Å². The molecule has 1 unspecified atom stereocenters. The number of hydrogen-bond donors (Lipinski definition) is 1. The van der Waals surface area contributed by atoms with Crippen molar-refractivity contribution in [3.05, 3.63) is 35.5 Å². The monoisotopic (exact) mass is 341 g/mol. The fourth-order valence-corrected chi connectivity index (χ4v) is 4.06. The summed E-state index contributed by atoms with van der Waals surface area (Å²) in [4.78, 5) is 31.7. The third kappa shape index (κ3) is 2.61. The number of carbonyl (C=O) groups is 2. The average molecular weight is 341 g/mol. The molecule has 0 bridgehead atoms. The Balaban J connectivity index is 1.59. The number of ether oxygens (including phenoxy) is 1. The van der Waals surface area contributed by atoms with Gasteiger partial charge in [0, 0.05) is 24.5 Å². The SMILES string of the molecule is CCc1c(C(=O)N2CCC3(CN(C)C(=O)CO3)C2)[nH]c2ccccc12. The smallest absolute Gasteiger partial charge is 0.270 e. The molecule has 6 heteroatoms. The first-order chi connectivity index (χ1) is 12.0. The van der Waals surface area contributed by atoms with E-state index in [4.69, 9.17) is 4.74 Å². The number of likely N-dealkylation sites (tertiary alicyclic amines) is 1. The number of aromatic nitrogens is 1. The molecule has 2 aliphatic rings. The van der Waals surface area contributed by atoms with Crippen LogP contribution in [0.25, 0.3) is 10.9 Å². The maximum Gasteiger partial charge on any atom is 0.270 e. The van der Waals surface area contributed by atoms with Gasteiger partial charge in [0.1, 0.15) is 17.9 Å². The molecule has 1 N–H and O–H groups in total. The van der Waals surface area contributed by atoms with Gasteiger partial charge in [-0.3, -0.25) is 9.59 Å². The summed E-state index contributed by atoms with van der Waals surface area (Å²) in [7, 11) is 1.80. The van der Waals surface area contributed by atoms with Crippen LogP contribution in [0, 0.1) is 0 Å². The Labute approximate surface area is 146 Å². The zero-order valence-corrected chi connectivity index (χ0v) is 14.7. The van der Waals surface area contributed by atoms with Gasteiger partial charge in [0.05, 0.1) is 13.1 Å². The van der Waals surface area contributed by atoms with E-state index in [1.807, 2.05) is 23.1 Å². The Morgan fingerprint density at radius 2 is 2.12 bits per heavy atom. The zero-order chi connectivity index (χ0) is 17.6. The van der Waals surface area contributed by atoms with Crippen molar-refractivity contribution in [3.63, 3.8) is 0 Å². The van der Waals surface area contributed by atoms with Crippen LogP contribution in [0.3, 0.4) is 0 Å². The molecule has 0 aliphatic carbocycles. The van der Waals surface area contributed by atoms with E-state index >= 15 is 0 Å². The van der Waals surface area contributed by atoms with E-state index in [-0.39, 0.29) is 18.4 Å². The lowest BCUT2D eigenvalue weighted by molar-refractivity contribution is -0.158. The molecule has 2 fully saturated rings. The summed E-state index contributed by atoms with van der Waals surface area (Å²) in [5.74, 6) is 0.0207. The van der Waals surface area contributed by atoms with Crippen molar-refractivity contribution in [2.75, 3.05) is 33.3 Å². The van der Waals surface area contributed by atoms with Crippen molar-refractivity contribution in [2.45, 2.75) is 25.4 Å². The van der Waals surface area contributed by atoms with E-state index in [1.165, 1.54) is 0 Å². The Hall–Kier alpha value is -2.34. The van der Waals surface area contributed by atoms with Gasteiger partial charge in [-0.1, -0.05) is 25.1 Å². The Morgan fingerprint density at radius 3 is 2.88 bits per heavy atom. The number of nitrogens with zero attached hydrogens (tertiary/aromatic N) is 2. The van der Waals surface area contributed by atoms with Gasteiger partial charge in [-0.15, -0.1) is 0 Å². The lowest BCUT2D eigenvalue weighted by Gasteiger charge is -2.38. The maximum atomic E-state index is 13.1. The first kappa shape index (κ1) is 16.1. The van der Waals surface area contributed by atoms with Gasteiger partial charge >= 0.3 is 0 Å². The van der Waals surface area contributed by atoms with Gasteiger partial charge in [-0.2, -0.15) is 0 Å². The summed E-state index contributed by atoms with van der Waals surface area (Å²) in [6.07, 6.45) is 1.57. The first-order valence-corrected chi connectivity index (χ1v) is 8.80. The normalized spacial score (nSPS) is 23.8. The third-order valence-electron chi connectivity index (χ3n) is 5.44. The minimum absolute atomic E-state index is 0.000659. The predicted octanol–water partition coefficient (Wildman–Crippen LogP) is 1.80. The van der Waals surface area contributed by atoms with Crippen LogP contribution >= 0.6 is 0 Å². The van der Waals surface area contributed by atoms with Gasteiger partial charge in [0.2, 0.25) is 5.91 Å². The van der Waals surface area contributed by atoms with Crippen LogP contribution in [0.15, 0.2) is 24.3 Å². The van der Waals surface area contributed by atoms with Crippen LogP contribution in [0.2, 0.25) is 0 Å². The van der Waals surface area contributed by atoms with E-state index < -0.39 is 5.60 Å². The zero-order valence-electron chi connectivity index (χ0n) is 14.7. The molecule has 1 atom stereocenters. The van der Waals surface area contributed by atoms with Gasteiger partial charge < -0.3 is 19.5 Å². The average Bonchev–Trinajstić information content (AvgIpc) is 3.19. The molecular formula is C19H23N3O3. The van der Waals surface area contributed by atoms with Crippen LogP contribution in [0.4, 0.5) is 0 Å². The number of morpholine rings is 1. The summed E-state index contributed by atoms with van der Waals surface area (Å²) in [5.41, 5.74) is 2.33. The number of amides is 2. The van der Waals surface area contributed by atoms with Crippen molar-refractivity contribution < 1.29 is 14.3 Å². The fourth-order valence-electron chi connectivity index (χ4n) is 4.06. The van der Waals surface area contributed by atoms with Crippen LogP contribution in [-0.2, 0) is 16.0 Å². The Bertz CT molecular complexity index is 844. The second-order valence-electron chi connectivity index (χ2n) is 7.08. The second-order valence-corrected chi connectivity index (χ2v) is 7.08.